The molecule has 4 heteroatoms. The van der Waals surface area contributed by atoms with Crippen molar-refractivity contribution in [2.45, 2.75) is 6.43 Å². The van der Waals surface area contributed by atoms with Crippen molar-refractivity contribution in [3.05, 3.63) is 34.3 Å². The Hall–Kier alpha value is -0.770. The van der Waals surface area contributed by atoms with E-state index in [2.05, 4.69) is 15.9 Å². The molecule has 0 saturated heterocycles. The van der Waals surface area contributed by atoms with E-state index in [1.54, 1.807) is 18.2 Å². The summed E-state index contributed by atoms with van der Waals surface area (Å²) in [5.41, 5.74) is 0.0208. The first-order valence-corrected chi connectivity index (χ1v) is 3.99. The van der Waals surface area contributed by atoms with E-state index in [-0.39, 0.29) is 5.56 Å². The predicted molar refractivity (Wildman–Crippen MR) is 44.5 cm³/mol. The van der Waals surface area contributed by atoms with Crippen LogP contribution in [0, 0.1) is 0 Å². The zero-order chi connectivity index (χ0) is 9.14. The van der Waals surface area contributed by atoms with E-state index in [0.717, 1.165) is 0 Å². The van der Waals surface area contributed by atoms with Crippen molar-refractivity contribution in [1.82, 2.24) is 0 Å². The Morgan fingerprint density at radius 3 is 2.42 bits per heavy atom. The standard InChI is InChI=1S/C8H5BrF2O/c9-6-4-2-1-3-5(6)7(12)8(10)11/h1-4,8H. The highest BCUT2D eigenvalue weighted by Crippen LogP contribution is 2.18. The summed E-state index contributed by atoms with van der Waals surface area (Å²) in [6, 6.07) is 6.11. The Morgan fingerprint density at radius 2 is 1.92 bits per heavy atom. The first-order valence-electron chi connectivity index (χ1n) is 3.20. The molecule has 1 aromatic carbocycles. The van der Waals surface area contributed by atoms with Gasteiger partial charge in [-0.15, -0.1) is 0 Å². The van der Waals surface area contributed by atoms with Gasteiger partial charge in [0, 0.05) is 10.0 Å². The number of Topliss-reactive ketones (excluding diaryl/α,β-unsaturated/α-hetero) is 1. The van der Waals surface area contributed by atoms with Crippen molar-refractivity contribution >= 4 is 21.7 Å². The number of alkyl halides is 2. The van der Waals surface area contributed by atoms with Crippen molar-refractivity contribution in [2.24, 2.45) is 0 Å². The Kier molecular flexibility index (Phi) is 2.92. The summed E-state index contributed by atoms with van der Waals surface area (Å²) in [5.74, 6) is -1.15. The number of rotatable bonds is 2. The van der Waals surface area contributed by atoms with Crippen LogP contribution in [0.4, 0.5) is 8.78 Å². The highest BCUT2D eigenvalue weighted by atomic mass is 79.9. The number of benzene rings is 1. The van der Waals surface area contributed by atoms with Crippen LogP contribution in [0.2, 0.25) is 0 Å². The van der Waals surface area contributed by atoms with Gasteiger partial charge in [-0.2, -0.15) is 0 Å². The average molecular weight is 235 g/mol. The lowest BCUT2D eigenvalue weighted by molar-refractivity contribution is 0.0678. The third-order valence-corrected chi connectivity index (χ3v) is 2.03. The minimum absolute atomic E-state index is 0.0208. The quantitative estimate of drug-likeness (QED) is 0.720. The molecule has 0 bridgehead atoms. The average Bonchev–Trinajstić information content (AvgIpc) is 2.04. The molecule has 0 aliphatic rings. The molecule has 0 amide bonds. The topological polar surface area (TPSA) is 17.1 Å². The van der Waals surface area contributed by atoms with Crippen molar-refractivity contribution in [1.29, 1.82) is 0 Å². The molecule has 64 valence electrons. The molecule has 0 saturated carbocycles. The second-order valence-electron chi connectivity index (χ2n) is 2.14. The molecule has 0 fully saturated rings. The van der Waals surface area contributed by atoms with Gasteiger partial charge in [0.25, 0.3) is 0 Å². The fourth-order valence-electron chi connectivity index (χ4n) is 0.779. The minimum atomic E-state index is -2.94. The van der Waals surface area contributed by atoms with Crippen LogP contribution in [0.15, 0.2) is 28.7 Å². The van der Waals surface area contributed by atoms with Gasteiger partial charge in [-0.05, 0) is 6.07 Å². The summed E-state index contributed by atoms with van der Waals surface area (Å²) in [4.78, 5) is 10.8. The Bertz CT molecular complexity index is 299. The van der Waals surface area contributed by atoms with Crippen molar-refractivity contribution in [3.8, 4) is 0 Å². The van der Waals surface area contributed by atoms with Gasteiger partial charge in [0.05, 0.1) is 0 Å². The lowest BCUT2D eigenvalue weighted by atomic mass is 10.1. The van der Waals surface area contributed by atoms with E-state index in [4.69, 9.17) is 0 Å². The maximum Gasteiger partial charge on any atom is 0.300 e. The SMILES string of the molecule is O=C(c1ccccc1Br)C(F)F. The molecule has 0 N–H and O–H groups in total. The Balaban J connectivity index is 3.03. The highest BCUT2D eigenvalue weighted by Gasteiger charge is 2.19. The van der Waals surface area contributed by atoms with Crippen molar-refractivity contribution < 1.29 is 13.6 Å². The lowest BCUT2D eigenvalue weighted by Crippen LogP contribution is -2.10. The second kappa shape index (κ2) is 3.76. The molecule has 0 aliphatic carbocycles. The van der Waals surface area contributed by atoms with Crippen LogP contribution in [-0.2, 0) is 0 Å². The monoisotopic (exact) mass is 234 g/mol. The molecule has 1 aromatic rings. The summed E-state index contributed by atoms with van der Waals surface area (Å²) in [5, 5.41) is 0. The normalized spacial score (nSPS) is 10.3. The molecule has 0 unspecified atom stereocenters. The fraction of sp³-hybridized carbons (Fsp3) is 0.125. The van der Waals surface area contributed by atoms with Gasteiger partial charge in [-0.3, -0.25) is 4.79 Å². The number of carbonyl (C=O) groups excluding carboxylic acids is 1. The molecular weight excluding hydrogens is 230 g/mol. The van der Waals surface area contributed by atoms with Crippen LogP contribution in [0.5, 0.6) is 0 Å². The number of halogens is 3. The van der Waals surface area contributed by atoms with Crippen LogP contribution in [0.25, 0.3) is 0 Å². The smallest absolute Gasteiger partial charge is 0.288 e. The Morgan fingerprint density at radius 1 is 1.33 bits per heavy atom. The van der Waals surface area contributed by atoms with Crippen LogP contribution < -0.4 is 0 Å². The Labute approximate surface area is 76.5 Å². The van der Waals surface area contributed by atoms with Gasteiger partial charge in [-0.25, -0.2) is 8.78 Å². The van der Waals surface area contributed by atoms with Crippen molar-refractivity contribution in [3.63, 3.8) is 0 Å². The largest absolute Gasteiger partial charge is 0.300 e. The summed E-state index contributed by atoms with van der Waals surface area (Å²) in [6.45, 7) is 0. The van der Waals surface area contributed by atoms with Crippen molar-refractivity contribution in [2.75, 3.05) is 0 Å². The van der Waals surface area contributed by atoms with E-state index in [0.29, 0.717) is 4.47 Å². The summed E-state index contributed by atoms with van der Waals surface area (Å²) < 4.78 is 24.2. The van der Waals surface area contributed by atoms with E-state index in [9.17, 15) is 13.6 Å². The minimum Gasteiger partial charge on any atom is -0.288 e. The zero-order valence-corrected chi connectivity index (χ0v) is 7.51. The second-order valence-corrected chi connectivity index (χ2v) is 3.00. The molecule has 1 nitrogen and oxygen atoms in total. The van der Waals surface area contributed by atoms with Gasteiger partial charge in [-0.1, -0.05) is 34.1 Å². The van der Waals surface area contributed by atoms with Gasteiger partial charge in [0.1, 0.15) is 0 Å². The predicted octanol–water partition coefficient (Wildman–Crippen LogP) is 2.90. The number of ketones is 1. The molecule has 0 aliphatic heterocycles. The van der Waals surface area contributed by atoms with E-state index < -0.39 is 12.2 Å². The van der Waals surface area contributed by atoms with Gasteiger partial charge < -0.3 is 0 Å². The lowest BCUT2D eigenvalue weighted by Gasteiger charge is -2.00. The first-order chi connectivity index (χ1) is 5.63. The molecule has 1 rings (SSSR count). The molecule has 0 atom stereocenters. The summed E-state index contributed by atoms with van der Waals surface area (Å²) >= 11 is 3.01. The van der Waals surface area contributed by atoms with Crippen LogP contribution in [0.1, 0.15) is 10.4 Å². The van der Waals surface area contributed by atoms with Crippen LogP contribution in [0.3, 0.4) is 0 Å². The number of hydrogen-bond acceptors (Lipinski definition) is 1. The van der Waals surface area contributed by atoms with E-state index >= 15 is 0 Å². The van der Waals surface area contributed by atoms with Gasteiger partial charge in [0.15, 0.2) is 0 Å². The molecule has 12 heavy (non-hydrogen) atoms. The fourth-order valence-corrected chi connectivity index (χ4v) is 1.26. The van der Waals surface area contributed by atoms with Crippen LogP contribution in [-0.4, -0.2) is 12.2 Å². The molecule has 0 radical (unpaired) electrons. The summed E-state index contributed by atoms with van der Waals surface area (Å²) in [6.07, 6.45) is -2.94. The molecule has 0 aromatic heterocycles. The molecule has 0 spiro atoms. The maximum absolute atomic E-state index is 11.9. The van der Waals surface area contributed by atoms with Gasteiger partial charge >= 0.3 is 6.43 Å². The third-order valence-electron chi connectivity index (χ3n) is 1.34. The van der Waals surface area contributed by atoms with E-state index in [1.165, 1.54) is 6.07 Å². The molecular formula is C8H5BrF2O. The number of carbonyl (C=O) groups is 1. The summed E-state index contributed by atoms with van der Waals surface area (Å²) in [7, 11) is 0. The van der Waals surface area contributed by atoms with E-state index in [1.807, 2.05) is 0 Å². The highest BCUT2D eigenvalue weighted by molar-refractivity contribution is 9.10. The number of hydrogen-bond donors (Lipinski definition) is 0. The zero-order valence-electron chi connectivity index (χ0n) is 5.93. The van der Waals surface area contributed by atoms with Gasteiger partial charge in [0.2, 0.25) is 5.78 Å². The third kappa shape index (κ3) is 1.88. The molecule has 0 heterocycles. The van der Waals surface area contributed by atoms with Crippen LogP contribution >= 0.6 is 15.9 Å². The maximum atomic E-state index is 11.9. The first kappa shape index (κ1) is 9.32.